The fourth-order valence-electron chi connectivity index (χ4n) is 4.31. The molecule has 2 heterocycles. The molecule has 2 saturated carbocycles. The van der Waals surface area contributed by atoms with E-state index in [9.17, 15) is 4.79 Å². The lowest BCUT2D eigenvalue weighted by molar-refractivity contribution is -0.169. The van der Waals surface area contributed by atoms with Gasteiger partial charge in [-0.2, -0.15) is 0 Å². The van der Waals surface area contributed by atoms with Gasteiger partial charge in [0.15, 0.2) is 17.8 Å². The van der Waals surface area contributed by atoms with E-state index in [0.29, 0.717) is 24.2 Å². The molecule has 1 amide bonds. The number of amides is 1. The molecule has 0 bridgehead atoms. The second kappa shape index (κ2) is 5.91. The molecule has 1 aromatic heterocycles. The minimum Gasteiger partial charge on any atom is -0.445 e. The van der Waals surface area contributed by atoms with Crippen molar-refractivity contribution in [2.24, 2.45) is 5.41 Å². The molecule has 4 rings (SSSR count). The van der Waals surface area contributed by atoms with E-state index in [-0.39, 0.29) is 23.5 Å². The van der Waals surface area contributed by atoms with Crippen LogP contribution in [0.15, 0.2) is 10.8 Å². The zero-order chi connectivity index (χ0) is 15.9. The summed E-state index contributed by atoms with van der Waals surface area (Å²) in [6, 6.07) is 0.189. The van der Waals surface area contributed by atoms with Gasteiger partial charge in [-0.25, -0.2) is 4.98 Å². The Balaban J connectivity index is 1.44. The molecule has 1 spiro atoms. The van der Waals surface area contributed by atoms with Crippen LogP contribution in [0.2, 0.25) is 0 Å². The molecule has 1 N–H and O–H groups in total. The molecule has 126 valence electrons. The van der Waals surface area contributed by atoms with E-state index in [2.05, 4.69) is 10.3 Å². The number of oxazole rings is 1. The number of carbonyl (C=O) groups is 1. The van der Waals surface area contributed by atoms with E-state index < -0.39 is 0 Å². The number of rotatable bonds is 5. The lowest BCUT2D eigenvalue weighted by atomic mass is 9.51. The van der Waals surface area contributed by atoms with Gasteiger partial charge in [0.05, 0.1) is 6.10 Å². The van der Waals surface area contributed by atoms with Gasteiger partial charge in [0.25, 0.3) is 5.91 Å². The molecule has 3 atom stereocenters. The van der Waals surface area contributed by atoms with E-state index in [1.165, 1.54) is 12.8 Å². The topological polar surface area (TPSA) is 73.6 Å². The van der Waals surface area contributed by atoms with Crippen molar-refractivity contribution in [3.05, 3.63) is 17.8 Å². The summed E-state index contributed by atoms with van der Waals surface area (Å²) in [6.45, 7) is 3.48. The Morgan fingerprint density at radius 2 is 2.35 bits per heavy atom. The minimum absolute atomic E-state index is 0.131. The molecule has 0 aromatic carbocycles. The zero-order valence-electron chi connectivity index (χ0n) is 13.5. The largest absolute Gasteiger partial charge is 0.445 e. The Bertz CT molecular complexity index is 575. The van der Waals surface area contributed by atoms with Crippen LogP contribution in [0.25, 0.3) is 0 Å². The van der Waals surface area contributed by atoms with Crippen molar-refractivity contribution in [3.8, 4) is 0 Å². The first-order chi connectivity index (χ1) is 11.2. The molecular weight excluding hydrogens is 296 g/mol. The van der Waals surface area contributed by atoms with Gasteiger partial charge in [0, 0.05) is 24.7 Å². The van der Waals surface area contributed by atoms with Crippen LogP contribution in [0.4, 0.5) is 0 Å². The molecule has 1 saturated heterocycles. The number of ether oxygens (including phenoxy) is 2. The Labute approximate surface area is 135 Å². The molecule has 6 nitrogen and oxygen atoms in total. The van der Waals surface area contributed by atoms with Gasteiger partial charge in [0.1, 0.15) is 6.10 Å². The normalized spacial score (nSPS) is 31.6. The third-order valence-corrected chi connectivity index (χ3v) is 5.77. The maximum Gasteiger partial charge on any atom is 0.273 e. The van der Waals surface area contributed by atoms with Crippen molar-refractivity contribution in [1.29, 1.82) is 0 Å². The van der Waals surface area contributed by atoms with Crippen molar-refractivity contribution in [2.45, 2.75) is 63.7 Å². The summed E-state index contributed by atoms with van der Waals surface area (Å²) in [5, 5.41) is 3.17. The molecule has 1 aliphatic heterocycles. The predicted octanol–water partition coefficient (Wildman–Crippen LogP) is 2.60. The molecule has 0 unspecified atom stereocenters. The highest BCUT2D eigenvalue weighted by atomic mass is 16.5. The number of hydrogen-bond acceptors (Lipinski definition) is 5. The third kappa shape index (κ3) is 2.39. The first-order valence-electron chi connectivity index (χ1n) is 8.72. The number of hydrogen-bond donors (Lipinski definition) is 1. The summed E-state index contributed by atoms with van der Waals surface area (Å²) in [4.78, 5) is 16.8. The van der Waals surface area contributed by atoms with E-state index in [4.69, 9.17) is 13.9 Å². The predicted molar refractivity (Wildman–Crippen MR) is 82.0 cm³/mol. The number of nitrogens with zero attached hydrogens (tertiary/aromatic N) is 1. The number of nitrogens with one attached hydrogen (secondary N) is 1. The van der Waals surface area contributed by atoms with Crippen LogP contribution in [-0.4, -0.2) is 36.3 Å². The molecule has 6 heteroatoms. The Kier molecular flexibility index (Phi) is 3.89. The van der Waals surface area contributed by atoms with Crippen LogP contribution in [0.3, 0.4) is 0 Å². The van der Waals surface area contributed by atoms with Crippen molar-refractivity contribution >= 4 is 5.91 Å². The fraction of sp³-hybridized carbons (Fsp3) is 0.765. The highest BCUT2D eigenvalue weighted by molar-refractivity contribution is 5.93. The van der Waals surface area contributed by atoms with Crippen LogP contribution < -0.4 is 5.32 Å². The molecule has 3 fully saturated rings. The van der Waals surface area contributed by atoms with Gasteiger partial charge in [-0.15, -0.1) is 0 Å². The third-order valence-electron chi connectivity index (χ3n) is 5.77. The van der Waals surface area contributed by atoms with Gasteiger partial charge in [-0.3, -0.25) is 4.79 Å². The first-order valence-corrected chi connectivity index (χ1v) is 8.72. The Hall–Kier alpha value is -1.40. The zero-order valence-corrected chi connectivity index (χ0v) is 13.5. The summed E-state index contributed by atoms with van der Waals surface area (Å²) < 4.78 is 16.9. The quantitative estimate of drug-likeness (QED) is 0.902. The fourth-order valence-corrected chi connectivity index (χ4v) is 4.31. The SMILES string of the molecule is CCO[C@@H]1C[C@@H](NC(=O)c2ncoc2[C@@H]2CCCO2)C12CCC2. The second-order valence-corrected chi connectivity index (χ2v) is 6.86. The summed E-state index contributed by atoms with van der Waals surface area (Å²) in [7, 11) is 0. The monoisotopic (exact) mass is 320 g/mol. The van der Waals surface area contributed by atoms with E-state index in [1.54, 1.807) is 0 Å². The van der Waals surface area contributed by atoms with Gasteiger partial charge in [0.2, 0.25) is 0 Å². The van der Waals surface area contributed by atoms with E-state index >= 15 is 0 Å². The maximum absolute atomic E-state index is 12.6. The van der Waals surface area contributed by atoms with Crippen molar-refractivity contribution in [1.82, 2.24) is 10.3 Å². The lowest BCUT2D eigenvalue weighted by Gasteiger charge is -2.60. The lowest BCUT2D eigenvalue weighted by Crippen LogP contribution is -2.67. The molecule has 1 aromatic rings. The molecule has 0 radical (unpaired) electrons. The smallest absolute Gasteiger partial charge is 0.273 e. The van der Waals surface area contributed by atoms with Gasteiger partial charge in [-0.1, -0.05) is 6.42 Å². The highest BCUT2D eigenvalue weighted by Crippen LogP contribution is 2.57. The van der Waals surface area contributed by atoms with Crippen LogP contribution >= 0.6 is 0 Å². The highest BCUT2D eigenvalue weighted by Gasteiger charge is 2.59. The summed E-state index contributed by atoms with van der Waals surface area (Å²) >= 11 is 0. The van der Waals surface area contributed by atoms with Gasteiger partial charge in [-0.05, 0) is 39.0 Å². The minimum atomic E-state index is -0.143. The van der Waals surface area contributed by atoms with Crippen LogP contribution in [0.5, 0.6) is 0 Å². The van der Waals surface area contributed by atoms with Gasteiger partial charge >= 0.3 is 0 Å². The first kappa shape index (κ1) is 15.1. The number of carbonyl (C=O) groups excluding carboxylic acids is 1. The number of aromatic nitrogens is 1. The van der Waals surface area contributed by atoms with Crippen LogP contribution in [-0.2, 0) is 9.47 Å². The van der Waals surface area contributed by atoms with Crippen LogP contribution in [0, 0.1) is 5.41 Å². The molecule has 3 aliphatic rings. The Morgan fingerprint density at radius 1 is 1.48 bits per heavy atom. The average molecular weight is 320 g/mol. The van der Waals surface area contributed by atoms with E-state index in [1.807, 2.05) is 6.92 Å². The van der Waals surface area contributed by atoms with Crippen molar-refractivity contribution in [2.75, 3.05) is 13.2 Å². The Morgan fingerprint density at radius 3 is 3.00 bits per heavy atom. The summed E-state index contributed by atoms with van der Waals surface area (Å²) in [5.41, 5.74) is 0.533. The summed E-state index contributed by atoms with van der Waals surface area (Å²) in [6.07, 6.45) is 7.78. The maximum atomic E-state index is 12.6. The molecule has 23 heavy (non-hydrogen) atoms. The van der Waals surface area contributed by atoms with Crippen molar-refractivity contribution in [3.63, 3.8) is 0 Å². The standard InChI is InChI=1S/C17H24N2O4/c1-2-21-13-9-12(17(13)6-4-7-17)19-16(20)14-15(23-10-18-14)11-5-3-8-22-11/h10-13H,2-9H2,1H3,(H,19,20)/t11-,12+,13+/m0/s1. The average Bonchev–Trinajstić information content (AvgIpc) is 3.14. The molecular formula is C17H24N2O4. The summed E-state index contributed by atoms with van der Waals surface area (Å²) in [5.74, 6) is 0.429. The molecule has 2 aliphatic carbocycles. The van der Waals surface area contributed by atoms with Crippen molar-refractivity contribution < 1.29 is 18.7 Å². The van der Waals surface area contributed by atoms with Gasteiger partial charge < -0.3 is 19.2 Å². The second-order valence-electron chi connectivity index (χ2n) is 6.86. The van der Waals surface area contributed by atoms with Crippen LogP contribution in [0.1, 0.15) is 67.8 Å². The van der Waals surface area contributed by atoms with E-state index in [0.717, 1.165) is 38.7 Å².